The number of esters is 1. The fraction of sp³-hybridized carbons (Fsp3) is 0.625. The molecule has 2 atom stereocenters. The van der Waals surface area contributed by atoms with Crippen LogP contribution in [0.15, 0.2) is 11.3 Å². The van der Waals surface area contributed by atoms with Gasteiger partial charge < -0.3 is 15.2 Å². The quantitative estimate of drug-likeness (QED) is 0.501. The summed E-state index contributed by atoms with van der Waals surface area (Å²) >= 11 is 1.35. The van der Waals surface area contributed by atoms with Crippen LogP contribution in [0.2, 0.25) is 0 Å². The lowest BCUT2D eigenvalue weighted by atomic mass is 9.99. The van der Waals surface area contributed by atoms with Gasteiger partial charge >= 0.3 is 11.9 Å². The molecule has 2 unspecified atom stereocenters. The van der Waals surface area contributed by atoms with Gasteiger partial charge in [0.2, 0.25) is 5.91 Å². The number of rotatable bonds is 7. The van der Waals surface area contributed by atoms with E-state index in [2.05, 4.69) is 5.32 Å². The Morgan fingerprint density at radius 3 is 2.52 bits per heavy atom. The average Bonchev–Trinajstić information content (AvgIpc) is 2.57. The molecule has 2 aliphatic rings. The van der Waals surface area contributed by atoms with Gasteiger partial charge in [0.1, 0.15) is 23.7 Å². The van der Waals surface area contributed by atoms with Crippen molar-refractivity contribution in [2.75, 3.05) is 12.4 Å². The molecule has 2 heterocycles. The standard InChI is InChI=1S/C16H22N2O6S/c1-4-9(5-2)13(20)17-11-14(21)18-12(16(22)23)10(6-24-8(3)19)7-25-15(11)18/h9,11,15H,4-7H2,1-3H3,(H,17,20)(H,22,23). The first-order chi connectivity index (χ1) is 11.8. The van der Waals surface area contributed by atoms with Crippen molar-refractivity contribution in [3.8, 4) is 0 Å². The minimum Gasteiger partial charge on any atom is -0.477 e. The number of aliphatic carboxylic acids is 1. The third-order valence-corrected chi connectivity index (χ3v) is 5.69. The summed E-state index contributed by atoms with van der Waals surface area (Å²) in [4.78, 5) is 48.3. The Hall–Kier alpha value is -2.03. The predicted octanol–water partition coefficient (Wildman–Crippen LogP) is 0.724. The number of ether oxygens (including phenoxy) is 1. The highest BCUT2D eigenvalue weighted by molar-refractivity contribution is 8.00. The van der Waals surface area contributed by atoms with Gasteiger partial charge in [-0.15, -0.1) is 11.8 Å². The lowest BCUT2D eigenvalue weighted by molar-refractivity contribution is -0.151. The highest BCUT2D eigenvalue weighted by Crippen LogP contribution is 2.40. The molecule has 9 heteroatoms. The van der Waals surface area contributed by atoms with Gasteiger partial charge in [-0.3, -0.25) is 19.3 Å². The third-order valence-electron chi connectivity index (χ3n) is 4.35. The first-order valence-electron chi connectivity index (χ1n) is 8.15. The van der Waals surface area contributed by atoms with Crippen molar-refractivity contribution in [3.05, 3.63) is 11.3 Å². The lowest BCUT2D eigenvalue weighted by Crippen LogP contribution is -2.71. The maximum Gasteiger partial charge on any atom is 0.352 e. The average molecular weight is 370 g/mol. The second-order valence-corrected chi connectivity index (χ2v) is 7.05. The van der Waals surface area contributed by atoms with Gasteiger partial charge in [-0.1, -0.05) is 13.8 Å². The van der Waals surface area contributed by atoms with Gasteiger partial charge in [0.25, 0.3) is 5.91 Å². The number of carboxylic acid groups (broad SMARTS) is 1. The van der Waals surface area contributed by atoms with E-state index in [0.29, 0.717) is 24.2 Å². The van der Waals surface area contributed by atoms with Crippen molar-refractivity contribution >= 4 is 35.5 Å². The lowest BCUT2D eigenvalue weighted by Gasteiger charge is -2.49. The number of β-lactam (4-membered cyclic amide) rings is 1. The van der Waals surface area contributed by atoms with Crippen LogP contribution in [0.25, 0.3) is 0 Å². The Balaban J connectivity index is 2.14. The summed E-state index contributed by atoms with van der Waals surface area (Å²) in [5.74, 6) is -2.24. The molecule has 1 saturated heterocycles. The topological polar surface area (TPSA) is 113 Å². The van der Waals surface area contributed by atoms with Gasteiger partial charge in [0.05, 0.1) is 0 Å². The van der Waals surface area contributed by atoms with Crippen LogP contribution in [0.1, 0.15) is 33.6 Å². The molecule has 1 fully saturated rings. The molecule has 8 nitrogen and oxygen atoms in total. The van der Waals surface area contributed by atoms with E-state index in [1.54, 1.807) is 0 Å². The summed E-state index contributed by atoms with van der Waals surface area (Å²) in [5.41, 5.74) is 0.227. The molecule has 138 valence electrons. The Morgan fingerprint density at radius 2 is 2.00 bits per heavy atom. The largest absolute Gasteiger partial charge is 0.477 e. The number of fused-ring (bicyclic) bond motifs is 1. The minimum absolute atomic E-state index is 0.150. The van der Waals surface area contributed by atoms with Crippen LogP contribution in [-0.4, -0.2) is 57.5 Å². The van der Waals surface area contributed by atoms with Gasteiger partial charge in [-0.25, -0.2) is 4.79 Å². The summed E-state index contributed by atoms with van der Waals surface area (Å²) in [5, 5.41) is 11.8. The highest BCUT2D eigenvalue weighted by Gasteiger charge is 2.54. The number of carbonyl (C=O) groups is 4. The number of thioether (sulfide) groups is 1. The smallest absolute Gasteiger partial charge is 0.352 e. The molecule has 0 aromatic rings. The van der Waals surface area contributed by atoms with Crippen molar-refractivity contribution in [1.29, 1.82) is 0 Å². The SMILES string of the molecule is CCC(CC)C(=O)NC1C(=O)N2C(C(=O)O)=C(COC(C)=O)CSC12. The number of hydrogen-bond acceptors (Lipinski definition) is 6. The summed E-state index contributed by atoms with van der Waals surface area (Å²) in [7, 11) is 0. The number of carboxylic acids is 1. The number of hydrogen-bond donors (Lipinski definition) is 2. The van der Waals surface area contributed by atoms with Crippen molar-refractivity contribution in [3.63, 3.8) is 0 Å². The molecule has 0 bridgehead atoms. The normalized spacial score (nSPS) is 22.4. The van der Waals surface area contributed by atoms with Crippen LogP contribution < -0.4 is 5.32 Å². The van der Waals surface area contributed by atoms with Crippen LogP contribution >= 0.6 is 11.8 Å². The Bertz CT molecular complexity index is 628. The summed E-state index contributed by atoms with van der Waals surface area (Å²) in [6.07, 6.45) is 1.36. The van der Waals surface area contributed by atoms with E-state index in [9.17, 15) is 24.3 Å². The van der Waals surface area contributed by atoms with E-state index in [1.807, 2.05) is 13.8 Å². The van der Waals surface area contributed by atoms with E-state index in [0.717, 1.165) is 0 Å². The first kappa shape index (κ1) is 19.3. The summed E-state index contributed by atoms with van der Waals surface area (Å²) < 4.78 is 4.88. The maximum absolute atomic E-state index is 12.4. The molecule has 0 saturated carbocycles. The third kappa shape index (κ3) is 3.81. The Kier molecular flexibility index (Phi) is 6.10. The molecule has 0 spiro atoms. The molecular weight excluding hydrogens is 348 g/mol. The van der Waals surface area contributed by atoms with E-state index in [4.69, 9.17) is 4.74 Å². The predicted molar refractivity (Wildman–Crippen MR) is 90.4 cm³/mol. The van der Waals surface area contributed by atoms with E-state index >= 15 is 0 Å². The molecule has 0 aliphatic carbocycles. The number of carbonyl (C=O) groups excluding carboxylic acids is 3. The van der Waals surface area contributed by atoms with Crippen molar-refractivity contribution in [2.24, 2.45) is 5.92 Å². The first-order valence-corrected chi connectivity index (χ1v) is 9.20. The second kappa shape index (κ2) is 7.90. The van der Waals surface area contributed by atoms with Crippen molar-refractivity contribution in [1.82, 2.24) is 10.2 Å². The number of nitrogens with zero attached hydrogens (tertiary/aromatic N) is 1. The molecule has 0 aromatic heterocycles. The molecule has 25 heavy (non-hydrogen) atoms. The van der Waals surface area contributed by atoms with Crippen LogP contribution in [-0.2, 0) is 23.9 Å². The van der Waals surface area contributed by atoms with E-state index in [1.165, 1.54) is 23.6 Å². The zero-order valence-corrected chi connectivity index (χ0v) is 15.2. The summed E-state index contributed by atoms with van der Waals surface area (Å²) in [6.45, 7) is 4.89. The second-order valence-electron chi connectivity index (χ2n) is 5.95. The van der Waals surface area contributed by atoms with Crippen molar-refractivity contribution < 1.29 is 29.0 Å². The zero-order valence-electron chi connectivity index (χ0n) is 14.4. The van der Waals surface area contributed by atoms with Gasteiger partial charge in [0, 0.05) is 24.2 Å². The Labute approximate surface area is 149 Å². The molecule has 2 aliphatic heterocycles. The van der Waals surface area contributed by atoms with Crippen LogP contribution in [0, 0.1) is 5.92 Å². The van der Waals surface area contributed by atoms with E-state index in [-0.39, 0.29) is 24.1 Å². The monoisotopic (exact) mass is 370 g/mol. The van der Waals surface area contributed by atoms with Gasteiger partial charge in [-0.2, -0.15) is 0 Å². The fourth-order valence-corrected chi connectivity index (χ4v) is 4.24. The van der Waals surface area contributed by atoms with E-state index < -0.39 is 29.3 Å². The van der Waals surface area contributed by atoms with Crippen LogP contribution in [0.5, 0.6) is 0 Å². The summed E-state index contributed by atoms with van der Waals surface area (Å²) in [6, 6.07) is -0.720. The molecule has 2 rings (SSSR count). The zero-order chi connectivity index (χ0) is 18.7. The highest BCUT2D eigenvalue weighted by atomic mass is 32.2. The molecule has 2 N–H and O–H groups in total. The van der Waals surface area contributed by atoms with Gasteiger partial charge in [0.15, 0.2) is 0 Å². The number of nitrogens with one attached hydrogen (secondary N) is 1. The molecular formula is C16H22N2O6S. The molecule has 0 radical (unpaired) electrons. The minimum atomic E-state index is -1.24. The van der Waals surface area contributed by atoms with Crippen LogP contribution in [0.3, 0.4) is 0 Å². The van der Waals surface area contributed by atoms with Crippen molar-refractivity contribution in [2.45, 2.75) is 45.0 Å². The number of amides is 2. The maximum atomic E-state index is 12.4. The molecule has 0 aromatic carbocycles. The fourth-order valence-electron chi connectivity index (χ4n) is 2.91. The Morgan fingerprint density at radius 1 is 1.36 bits per heavy atom. The molecule has 2 amide bonds. The van der Waals surface area contributed by atoms with Crippen LogP contribution in [0.4, 0.5) is 0 Å². The van der Waals surface area contributed by atoms with Gasteiger partial charge in [-0.05, 0) is 12.8 Å².